The second-order valence-electron chi connectivity index (χ2n) is 7.28. The number of methoxy groups -OCH3 is 2. The number of Topliss-reactive ketones (excluding diaryl/α,β-unsaturated/α-hetero) is 4. The van der Waals surface area contributed by atoms with Gasteiger partial charge in [-0.2, -0.15) is 0 Å². The van der Waals surface area contributed by atoms with Crippen molar-refractivity contribution in [1.29, 1.82) is 0 Å². The third-order valence-corrected chi connectivity index (χ3v) is 5.60. The molecule has 2 aliphatic rings. The molecule has 0 aromatic heterocycles. The number of ether oxygens (including phenoxy) is 2. The van der Waals surface area contributed by atoms with E-state index in [9.17, 15) is 19.2 Å². The number of benzene rings is 2. The summed E-state index contributed by atoms with van der Waals surface area (Å²) in [6, 6.07) is 13.3. The Balaban J connectivity index is 1.60. The molecule has 0 amide bonds. The molecule has 31 heavy (non-hydrogen) atoms. The van der Waals surface area contributed by atoms with E-state index in [1.807, 2.05) is 0 Å². The number of rotatable bonds is 6. The van der Waals surface area contributed by atoms with Gasteiger partial charge in [0.05, 0.1) is 14.2 Å². The first-order chi connectivity index (χ1) is 15.0. The molecule has 0 heterocycles. The number of ketones is 4. The first-order valence-corrected chi connectivity index (χ1v) is 9.90. The van der Waals surface area contributed by atoms with Crippen LogP contribution >= 0.6 is 0 Å². The smallest absolute Gasteiger partial charge is 0.228 e. The van der Waals surface area contributed by atoms with E-state index in [1.165, 1.54) is 14.2 Å². The molecule has 6 nitrogen and oxygen atoms in total. The van der Waals surface area contributed by atoms with Crippen molar-refractivity contribution in [3.63, 3.8) is 0 Å². The van der Waals surface area contributed by atoms with Crippen LogP contribution in [-0.2, 0) is 9.47 Å². The molecule has 0 N–H and O–H groups in total. The minimum absolute atomic E-state index is 0.0287. The van der Waals surface area contributed by atoms with E-state index in [0.717, 1.165) is 0 Å². The molecular formula is C25H20O6. The SMILES string of the molecule is COC1=C(CCCC2=C(OC)C(=O)c3ccccc3C2=O)C(=O)c2ccccc2C1=O. The monoisotopic (exact) mass is 416 g/mol. The van der Waals surface area contributed by atoms with Crippen LogP contribution in [0.3, 0.4) is 0 Å². The van der Waals surface area contributed by atoms with Crippen LogP contribution in [0.4, 0.5) is 0 Å². The summed E-state index contributed by atoms with van der Waals surface area (Å²) in [7, 11) is 2.72. The van der Waals surface area contributed by atoms with E-state index in [2.05, 4.69) is 0 Å². The fourth-order valence-corrected chi connectivity index (χ4v) is 4.14. The third kappa shape index (κ3) is 3.30. The average molecular weight is 416 g/mol. The van der Waals surface area contributed by atoms with Crippen LogP contribution in [0.1, 0.15) is 60.7 Å². The molecule has 0 unspecified atom stereocenters. The van der Waals surface area contributed by atoms with Crippen LogP contribution in [0.25, 0.3) is 0 Å². The first kappa shape index (κ1) is 20.5. The zero-order chi connectivity index (χ0) is 22.1. The molecule has 156 valence electrons. The number of carbonyl (C=O) groups excluding carboxylic acids is 4. The number of hydrogen-bond donors (Lipinski definition) is 0. The van der Waals surface area contributed by atoms with Crippen molar-refractivity contribution in [2.75, 3.05) is 14.2 Å². The molecule has 2 aromatic rings. The lowest BCUT2D eigenvalue weighted by atomic mass is 9.83. The molecular weight excluding hydrogens is 396 g/mol. The minimum Gasteiger partial charge on any atom is -0.492 e. The van der Waals surface area contributed by atoms with Crippen molar-refractivity contribution >= 4 is 23.1 Å². The van der Waals surface area contributed by atoms with Crippen molar-refractivity contribution in [3.8, 4) is 0 Å². The minimum atomic E-state index is -0.331. The molecule has 0 saturated heterocycles. The fraction of sp³-hybridized carbons (Fsp3) is 0.200. The number of carbonyl (C=O) groups is 4. The Bertz CT molecular complexity index is 1100. The van der Waals surface area contributed by atoms with Crippen LogP contribution < -0.4 is 0 Å². The van der Waals surface area contributed by atoms with E-state index in [1.54, 1.807) is 48.5 Å². The summed E-state index contributed by atoms with van der Waals surface area (Å²) in [4.78, 5) is 51.4. The van der Waals surface area contributed by atoms with Crippen molar-refractivity contribution in [1.82, 2.24) is 0 Å². The van der Waals surface area contributed by atoms with Gasteiger partial charge in [-0.15, -0.1) is 0 Å². The Morgan fingerprint density at radius 2 is 0.871 bits per heavy atom. The summed E-state index contributed by atoms with van der Waals surface area (Å²) >= 11 is 0. The van der Waals surface area contributed by atoms with Gasteiger partial charge in [-0.3, -0.25) is 19.2 Å². The third-order valence-electron chi connectivity index (χ3n) is 5.60. The van der Waals surface area contributed by atoms with Gasteiger partial charge in [-0.05, 0) is 19.3 Å². The fourth-order valence-electron chi connectivity index (χ4n) is 4.14. The molecule has 0 bridgehead atoms. The highest BCUT2D eigenvalue weighted by Gasteiger charge is 2.35. The van der Waals surface area contributed by atoms with Crippen LogP contribution in [0, 0.1) is 0 Å². The lowest BCUT2D eigenvalue weighted by Gasteiger charge is -2.21. The van der Waals surface area contributed by atoms with Crippen LogP contribution in [0.2, 0.25) is 0 Å². The first-order valence-electron chi connectivity index (χ1n) is 9.90. The Labute approximate surface area is 179 Å². The number of fused-ring (bicyclic) bond motifs is 2. The van der Waals surface area contributed by atoms with Gasteiger partial charge in [0.25, 0.3) is 0 Å². The van der Waals surface area contributed by atoms with Crippen molar-refractivity contribution in [2.24, 2.45) is 0 Å². The predicted molar refractivity (Wildman–Crippen MR) is 112 cm³/mol. The molecule has 6 heteroatoms. The Kier molecular flexibility index (Phi) is 5.38. The molecule has 0 fully saturated rings. The molecule has 0 radical (unpaired) electrons. The molecule has 0 spiro atoms. The second-order valence-corrected chi connectivity index (χ2v) is 7.28. The van der Waals surface area contributed by atoms with Crippen molar-refractivity contribution in [3.05, 3.63) is 93.4 Å². The predicted octanol–water partition coefficient (Wildman–Crippen LogP) is 4.12. The summed E-state index contributed by atoms with van der Waals surface area (Å²) in [5.41, 5.74) is 1.89. The molecule has 2 aromatic carbocycles. The topological polar surface area (TPSA) is 86.7 Å². The maximum atomic E-state index is 13.0. The highest BCUT2D eigenvalue weighted by Crippen LogP contribution is 2.33. The summed E-state index contributed by atoms with van der Waals surface area (Å²) in [5.74, 6) is -1.12. The van der Waals surface area contributed by atoms with E-state index in [4.69, 9.17) is 9.47 Å². The normalized spacial score (nSPS) is 15.8. The highest BCUT2D eigenvalue weighted by molar-refractivity contribution is 6.27. The molecule has 2 aliphatic carbocycles. The van der Waals surface area contributed by atoms with E-state index in [-0.39, 0.29) is 58.6 Å². The van der Waals surface area contributed by atoms with Gasteiger partial charge in [0, 0.05) is 33.4 Å². The van der Waals surface area contributed by atoms with Gasteiger partial charge in [0.15, 0.2) is 23.1 Å². The summed E-state index contributed by atoms with van der Waals surface area (Å²) in [6.07, 6.45) is 0.824. The van der Waals surface area contributed by atoms with E-state index in [0.29, 0.717) is 28.7 Å². The van der Waals surface area contributed by atoms with Gasteiger partial charge >= 0.3 is 0 Å². The highest BCUT2D eigenvalue weighted by atomic mass is 16.5. The zero-order valence-electron chi connectivity index (χ0n) is 17.2. The maximum Gasteiger partial charge on any atom is 0.228 e. The zero-order valence-corrected chi connectivity index (χ0v) is 17.2. The number of allylic oxidation sites excluding steroid dienone is 4. The van der Waals surface area contributed by atoms with E-state index < -0.39 is 0 Å². The standard InChI is InChI=1S/C25H20O6/c1-30-24-18(20(26)14-8-3-5-10-16(14)22(24)28)12-7-13-19-21(27)15-9-4-6-11-17(15)23(29)25(19)31-2/h3-6,8-11H,7,12-13H2,1-2H3. The van der Waals surface area contributed by atoms with Gasteiger partial charge < -0.3 is 9.47 Å². The van der Waals surface area contributed by atoms with Gasteiger partial charge in [0.2, 0.25) is 11.6 Å². The summed E-state index contributed by atoms with van der Waals surface area (Å²) in [6.45, 7) is 0. The quantitative estimate of drug-likeness (QED) is 0.704. The van der Waals surface area contributed by atoms with Crippen LogP contribution in [-0.4, -0.2) is 37.4 Å². The number of hydrogen-bond acceptors (Lipinski definition) is 6. The summed E-state index contributed by atoms with van der Waals surface area (Å²) < 4.78 is 10.5. The molecule has 0 saturated carbocycles. The Morgan fingerprint density at radius 1 is 0.548 bits per heavy atom. The van der Waals surface area contributed by atoms with Gasteiger partial charge in [0.1, 0.15) is 0 Å². The summed E-state index contributed by atoms with van der Waals surface area (Å²) in [5, 5.41) is 0. The molecule has 0 aliphatic heterocycles. The van der Waals surface area contributed by atoms with Crippen molar-refractivity contribution in [2.45, 2.75) is 19.3 Å². The Morgan fingerprint density at radius 3 is 1.19 bits per heavy atom. The van der Waals surface area contributed by atoms with Crippen LogP contribution in [0.15, 0.2) is 71.2 Å². The van der Waals surface area contributed by atoms with Crippen LogP contribution in [0.5, 0.6) is 0 Å². The molecule has 0 atom stereocenters. The van der Waals surface area contributed by atoms with Gasteiger partial charge in [-0.25, -0.2) is 0 Å². The lowest BCUT2D eigenvalue weighted by molar-refractivity contribution is 0.0899. The Hall–Kier alpha value is -3.80. The molecule has 4 rings (SSSR count). The maximum absolute atomic E-state index is 13.0. The average Bonchev–Trinajstić information content (AvgIpc) is 2.80. The lowest BCUT2D eigenvalue weighted by Crippen LogP contribution is -2.24. The largest absolute Gasteiger partial charge is 0.492 e. The van der Waals surface area contributed by atoms with E-state index >= 15 is 0 Å². The van der Waals surface area contributed by atoms with Gasteiger partial charge in [-0.1, -0.05) is 48.5 Å². The second kappa shape index (κ2) is 8.14. The van der Waals surface area contributed by atoms with Crippen molar-refractivity contribution < 1.29 is 28.7 Å².